The summed E-state index contributed by atoms with van der Waals surface area (Å²) < 4.78 is 17.3. The maximum absolute atomic E-state index is 9.69. The van der Waals surface area contributed by atoms with Gasteiger partial charge >= 0.3 is 0 Å². The molecule has 2 aliphatic heterocycles. The average Bonchev–Trinajstić information content (AvgIpc) is 3.20. The van der Waals surface area contributed by atoms with Gasteiger partial charge < -0.3 is 19.9 Å². The summed E-state index contributed by atoms with van der Waals surface area (Å²) in [6, 6.07) is 5.91. The molecule has 2 aliphatic rings. The van der Waals surface area contributed by atoms with Crippen molar-refractivity contribution < 1.29 is 14.2 Å². The number of aromatic nitrogens is 2. The lowest BCUT2D eigenvalue weighted by Gasteiger charge is -2.25. The minimum absolute atomic E-state index is 0.0686. The number of nitriles is 1. The predicted molar refractivity (Wildman–Crippen MR) is 92.1 cm³/mol. The zero-order chi connectivity index (χ0) is 17.6. The third-order valence-electron chi connectivity index (χ3n) is 4.32. The number of fused-ring (bicyclic) bond motifs is 2. The van der Waals surface area contributed by atoms with Crippen molar-refractivity contribution in [2.24, 2.45) is 5.73 Å². The van der Waals surface area contributed by atoms with Gasteiger partial charge in [-0.15, -0.1) is 5.10 Å². The van der Waals surface area contributed by atoms with Crippen LogP contribution < -0.4 is 19.9 Å². The highest BCUT2D eigenvalue weighted by Gasteiger charge is 2.36. The maximum Gasteiger partial charge on any atom is 0.244 e. The molecule has 0 unspecified atom stereocenters. The van der Waals surface area contributed by atoms with E-state index in [-0.39, 0.29) is 12.7 Å². The zero-order valence-electron chi connectivity index (χ0n) is 13.4. The quantitative estimate of drug-likeness (QED) is 0.816. The van der Waals surface area contributed by atoms with E-state index >= 15 is 0 Å². The second-order valence-electron chi connectivity index (χ2n) is 5.82. The molecule has 0 amide bonds. The molecule has 7 nitrogen and oxygen atoms in total. The minimum Gasteiger partial charge on any atom is -0.454 e. The van der Waals surface area contributed by atoms with E-state index < -0.39 is 5.92 Å². The van der Waals surface area contributed by atoms with Crippen LogP contribution in [0.2, 0.25) is 0 Å². The number of aryl methyl sites for hydroxylation is 1. The highest BCUT2D eigenvalue weighted by atomic mass is 79.9. The number of nitrogens with two attached hydrogens (primary N) is 1. The van der Waals surface area contributed by atoms with Crippen molar-refractivity contribution in [3.8, 4) is 23.4 Å². The van der Waals surface area contributed by atoms with Crippen molar-refractivity contribution in [1.29, 1.82) is 5.26 Å². The lowest BCUT2D eigenvalue weighted by molar-refractivity contribution is 0.174. The Morgan fingerprint density at radius 1 is 1.40 bits per heavy atom. The van der Waals surface area contributed by atoms with Gasteiger partial charge in [0.05, 0.1) is 5.92 Å². The topological polar surface area (TPSA) is 106 Å². The molecule has 128 valence electrons. The molecule has 25 heavy (non-hydrogen) atoms. The molecular formula is C17H15BrN4O3. The first-order valence-corrected chi connectivity index (χ1v) is 8.67. The molecule has 2 aromatic rings. The molecule has 3 N–H and O–H groups in total. The van der Waals surface area contributed by atoms with Gasteiger partial charge in [-0.1, -0.05) is 29.3 Å². The van der Waals surface area contributed by atoms with E-state index in [1.54, 1.807) is 0 Å². The van der Waals surface area contributed by atoms with Crippen LogP contribution in [-0.4, -0.2) is 17.0 Å². The van der Waals surface area contributed by atoms with Gasteiger partial charge in [-0.05, 0) is 24.1 Å². The molecule has 1 atom stereocenters. The van der Waals surface area contributed by atoms with Crippen LogP contribution in [-0.2, 0) is 6.42 Å². The molecule has 0 bridgehead atoms. The number of rotatable bonds is 3. The van der Waals surface area contributed by atoms with Crippen LogP contribution in [0.4, 0.5) is 0 Å². The summed E-state index contributed by atoms with van der Waals surface area (Å²) in [6.45, 7) is 2.26. The van der Waals surface area contributed by atoms with E-state index in [1.165, 1.54) is 0 Å². The summed E-state index contributed by atoms with van der Waals surface area (Å²) in [4.78, 5) is 0. The Balaban J connectivity index is 1.94. The Hall–Kier alpha value is -2.66. The van der Waals surface area contributed by atoms with E-state index in [4.69, 9.17) is 19.9 Å². The van der Waals surface area contributed by atoms with E-state index in [0.29, 0.717) is 23.0 Å². The molecule has 0 aliphatic carbocycles. The highest BCUT2D eigenvalue weighted by Crippen LogP contribution is 2.48. The fraction of sp³-hybridized carbons (Fsp3) is 0.294. The zero-order valence-corrected chi connectivity index (χ0v) is 15.0. The molecule has 3 heterocycles. The molecule has 8 heteroatoms. The second kappa shape index (κ2) is 6.01. The smallest absolute Gasteiger partial charge is 0.244 e. The van der Waals surface area contributed by atoms with Crippen LogP contribution in [0.5, 0.6) is 17.4 Å². The number of nitrogens with zero attached hydrogens (tertiary/aromatic N) is 2. The number of aromatic amines is 1. The van der Waals surface area contributed by atoms with Crippen molar-refractivity contribution in [3.05, 3.63) is 44.9 Å². The van der Waals surface area contributed by atoms with Gasteiger partial charge in [0.2, 0.25) is 18.6 Å². The first kappa shape index (κ1) is 15.8. The second-order valence-corrected chi connectivity index (χ2v) is 6.68. The van der Waals surface area contributed by atoms with E-state index in [1.807, 2.05) is 12.1 Å². The van der Waals surface area contributed by atoms with Gasteiger partial charge in [-0.3, -0.25) is 5.10 Å². The van der Waals surface area contributed by atoms with Gasteiger partial charge in [0.1, 0.15) is 11.6 Å². The molecule has 1 aromatic carbocycles. The number of halogens is 1. The minimum atomic E-state index is -0.391. The summed E-state index contributed by atoms with van der Waals surface area (Å²) in [5.74, 6) is 1.40. The Labute approximate surface area is 152 Å². The summed E-state index contributed by atoms with van der Waals surface area (Å²) in [7, 11) is 0. The van der Waals surface area contributed by atoms with Crippen LogP contribution in [0.15, 0.2) is 28.1 Å². The fourth-order valence-corrected chi connectivity index (χ4v) is 3.77. The molecule has 1 aromatic heterocycles. The molecule has 0 saturated carbocycles. The molecule has 0 saturated heterocycles. The molecule has 0 radical (unpaired) electrons. The van der Waals surface area contributed by atoms with Gasteiger partial charge in [0, 0.05) is 15.7 Å². The van der Waals surface area contributed by atoms with Crippen LogP contribution in [0.3, 0.4) is 0 Å². The van der Waals surface area contributed by atoms with Crippen LogP contribution in [0.1, 0.15) is 36.1 Å². The summed E-state index contributed by atoms with van der Waals surface area (Å²) in [6.07, 6.45) is 1.73. The molecule has 0 spiro atoms. The van der Waals surface area contributed by atoms with E-state index in [0.717, 1.165) is 34.1 Å². The van der Waals surface area contributed by atoms with Crippen molar-refractivity contribution in [3.63, 3.8) is 0 Å². The Bertz CT molecular complexity index is 929. The SMILES string of the molecule is CCCc1[nH]nc2c1[C@@H](c1cc3c(cc1Br)OCO3)C(C#N)=C(N)O2. The highest BCUT2D eigenvalue weighted by molar-refractivity contribution is 9.10. The van der Waals surface area contributed by atoms with Gasteiger partial charge in [-0.2, -0.15) is 5.26 Å². The third kappa shape index (κ3) is 2.43. The van der Waals surface area contributed by atoms with E-state index in [9.17, 15) is 5.26 Å². The standard InChI is InChI=1S/C17H15BrN4O3/c1-2-3-11-15-14(9(6-19)16(20)25-17(15)22-21-11)8-4-12-13(5-10(8)18)24-7-23-12/h4-5,14H,2-3,7,20H2,1H3,(H,21,22)/t14-/m0/s1. The number of hydrogen-bond donors (Lipinski definition) is 2. The normalized spacial score (nSPS) is 17.9. The van der Waals surface area contributed by atoms with Crippen LogP contribution in [0, 0.1) is 11.3 Å². The average molecular weight is 403 g/mol. The number of allylic oxidation sites excluding steroid dienone is 1. The number of benzene rings is 1. The Morgan fingerprint density at radius 2 is 2.16 bits per heavy atom. The molecule has 0 fully saturated rings. The van der Waals surface area contributed by atoms with Crippen molar-refractivity contribution in [2.45, 2.75) is 25.7 Å². The van der Waals surface area contributed by atoms with Crippen LogP contribution >= 0.6 is 15.9 Å². The summed E-state index contributed by atoms with van der Waals surface area (Å²) in [5, 5.41) is 16.9. The van der Waals surface area contributed by atoms with Crippen molar-refractivity contribution >= 4 is 15.9 Å². The summed E-state index contributed by atoms with van der Waals surface area (Å²) in [5.41, 5.74) is 8.97. The first-order valence-electron chi connectivity index (χ1n) is 7.87. The first-order chi connectivity index (χ1) is 12.1. The van der Waals surface area contributed by atoms with Crippen molar-refractivity contribution in [1.82, 2.24) is 10.2 Å². The Kier molecular flexibility index (Phi) is 3.81. The van der Waals surface area contributed by atoms with Gasteiger partial charge in [-0.25, -0.2) is 0 Å². The largest absolute Gasteiger partial charge is 0.454 e. The predicted octanol–water partition coefficient (Wildman–Crippen LogP) is 3.07. The number of nitrogens with one attached hydrogen (secondary N) is 1. The molecule has 4 rings (SSSR count). The maximum atomic E-state index is 9.69. The molecular weight excluding hydrogens is 388 g/mol. The van der Waals surface area contributed by atoms with Gasteiger partial charge in [0.15, 0.2) is 11.5 Å². The summed E-state index contributed by atoms with van der Waals surface area (Å²) >= 11 is 3.59. The fourth-order valence-electron chi connectivity index (χ4n) is 3.21. The van der Waals surface area contributed by atoms with Gasteiger partial charge in [0.25, 0.3) is 0 Å². The monoisotopic (exact) mass is 402 g/mol. The number of ether oxygens (including phenoxy) is 3. The van der Waals surface area contributed by atoms with Crippen molar-refractivity contribution in [2.75, 3.05) is 6.79 Å². The van der Waals surface area contributed by atoms with E-state index in [2.05, 4.69) is 39.1 Å². The Morgan fingerprint density at radius 3 is 2.88 bits per heavy atom. The number of H-pyrrole nitrogens is 1. The number of hydrogen-bond acceptors (Lipinski definition) is 6. The lowest BCUT2D eigenvalue weighted by Crippen LogP contribution is -2.21. The lowest BCUT2D eigenvalue weighted by atomic mass is 9.83. The third-order valence-corrected chi connectivity index (χ3v) is 5.01. The van der Waals surface area contributed by atoms with Crippen LogP contribution in [0.25, 0.3) is 0 Å².